The Morgan fingerprint density at radius 3 is 2.25 bits per heavy atom. The minimum Gasteiger partial charge on any atom is -0.251 e. The fourth-order valence-electron chi connectivity index (χ4n) is 1.12. The molecular formula is C12H14ClN3. The van der Waals surface area contributed by atoms with Crippen molar-refractivity contribution >= 4 is 11.6 Å². The molecule has 0 aromatic carbocycles. The second-order valence-electron chi connectivity index (χ2n) is 2.92. The van der Waals surface area contributed by atoms with Crippen LogP contribution in [-0.2, 0) is 0 Å². The maximum atomic E-state index is 6.02. The summed E-state index contributed by atoms with van der Waals surface area (Å²) in [7, 11) is 0. The summed E-state index contributed by atoms with van der Waals surface area (Å²) in [6.07, 6.45) is 5.08. The van der Waals surface area contributed by atoms with E-state index < -0.39 is 0 Å². The van der Waals surface area contributed by atoms with Crippen LogP contribution in [0.3, 0.4) is 0 Å². The Kier molecular flexibility index (Phi) is 4.86. The Morgan fingerprint density at radius 1 is 1.06 bits per heavy atom. The average Bonchev–Trinajstić information content (AvgIpc) is 2.33. The maximum Gasteiger partial charge on any atom is 0.179 e. The Morgan fingerprint density at radius 2 is 1.69 bits per heavy atom. The Labute approximate surface area is 101 Å². The zero-order valence-electron chi connectivity index (χ0n) is 9.61. The van der Waals surface area contributed by atoms with Gasteiger partial charge in [0, 0.05) is 18.6 Å². The van der Waals surface area contributed by atoms with Crippen LogP contribution in [0.15, 0.2) is 30.7 Å². The SMILES string of the molecule is CC.Cc1cnc(-c2ncccn2)c(Cl)c1. The number of hydrogen-bond donors (Lipinski definition) is 0. The molecule has 0 fully saturated rings. The van der Waals surface area contributed by atoms with E-state index in [1.165, 1.54) is 0 Å². The van der Waals surface area contributed by atoms with Crippen molar-refractivity contribution in [1.29, 1.82) is 0 Å². The summed E-state index contributed by atoms with van der Waals surface area (Å²) in [6, 6.07) is 3.60. The maximum absolute atomic E-state index is 6.02. The van der Waals surface area contributed by atoms with Crippen LogP contribution in [0.25, 0.3) is 11.5 Å². The van der Waals surface area contributed by atoms with E-state index in [4.69, 9.17) is 11.6 Å². The van der Waals surface area contributed by atoms with Crippen LogP contribution in [0, 0.1) is 6.92 Å². The summed E-state index contributed by atoms with van der Waals surface area (Å²) in [6.45, 7) is 5.94. The van der Waals surface area contributed by atoms with E-state index >= 15 is 0 Å². The van der Waals surface area contributed by atoms with Crippen LogP contribution in [-0.4, -0.2) is 15.0 Å². The predicted octanol–water partition coefficient (Wildman–Crippen LogP) is 3.53. The fourth-order valence-corrected chi connectivity index (χ4v) is 1.42. The summed E-state index contributed by atoms with van der Waals surface area (Å²) in [5.74, 6) is 0.553. The Bertz CT molecular complexity index is 443. The smallest absolute Gasteiger partial charge is 0.179 e. The van der Waals surface area contributed by atoms with Crippen molar-refractivity contribution in [3.63, 3.8) is 0 Å². The van der Waals surface area contributed by atoms with Gasteiger partial charge in [0.1, 0.15) is 5.69 Å². The zero-order chi connectivity index (χ0) is 12.0. The third kappa shape index (κ3) is 3.00. The summed E-state index contributed by atoms with van der Waals surface area (Å²) < 4.78 is 0. The number of aromatic nitrogens is 3. The van der Waals surface area contributed by atoms with E-state index in [0.29, 0.717) is 16.5 Å². The Balaban J connectivity index is 0.000000606. The molecule has 0 saturated carbocycles. The first-order valence-electron chi connectivity index (χ1n) is 5.17. The molecule has 0 amide bonds. The lowest BCUT2D eigenvalue weighted by molar-refractivity contribution is 1.13. The molecule has 3 nitrogen and oxygen atoms in total. The van der Waals surface area contributed by atoms with Crippen LogP contribution in [0.4, 0.5) is 0 Å². The van der Waals surface area contributed by atoms with Crippen molar-refractivity contribution in [2.75, 3.05) is 0 Å². The van der Waals surface area contributed by atoms with E-state index in [1.807, 2.05) is 26.8 Å². The molecule has 0 spiro atoms. The van der Waals surface area contributed by atoms with Gasteiger partial charge in [0.15, 0.2) is 5.82 Å². The molecule has 0 unspecified atom stereocenters. The topological polar surface area (TPSA) is 38.7 Å². The molecule has 0 aliphatic carbocycles. The Hall–Kier alpha value is -1.48. The highest BCUT2D eigenvalue weighted by Gasteiger charge is 2.06. The molecule has 0 atom stereocenters. The van der Waals surface area contributed by atoms with Crippen LogP contribution in [0.5, 0.6) is 0 Å². The van der Waals surface area contributed by atoms with Gasteiger partial charge in [-0.2, -0.15) is 0 Å². The predicted molar refractivity (Wildman–Crippen MR) is 66.4 cm³/mol. The van der Waals surface area contributed by atoms with Gasteiger partial charge in [-0.15, -0.1) is 0 Å². The highest BCUT2D eigenvalue weighted by molar-refractivity contribution is 6.32. The molecule has 16 heavy (non-hydrogen) atoms. The van der Waals surface area contributed by atoms with E-state index in [9.17, 15) is 0 Å². The summed E-state index contributed by atoms with van der Waals surface area (Å²) in [4.78, 5) is 12.4. The average molecular weight is 236 g/mol. The molecule has 0 radical (unpaired) electrons. The quantitative estimate of drug-likeness (QED) is 0.759. The van der Waals surface area contributed by atoms with Crippen molar-refractivity contribution in [1.82, 2.24) is 15.0 Å². The van der Waals surface area contributed by atoms with Crippen molar-refractivity contribution in [2.24, 2.45) is 0 Å². The molecule has 0 aliphatic rings. The first kappa shape index (κ1) is 12.6. The lowest BCUT2D eigenvalue weighted by atomic mass is 10.2. The van der Waals surface area contributed by atoms with Crippen molar-refractivity contribution in [3.05, 3.63) is 41.3 Å². The molecule has 0 N–H and O–H groups in total. The minimum atomic E-state index is 0.553. The molecular weight excluding hydrogens is 222 g/mol. The monoisotopic (exact) mass is 235 g/mol. The normalized spacial score (nSPS) is 9.25. The first-order valence-corrected chi connectivity index (χ1v) is 5.55. The lowest BCUT2D eigenvalue weighted by Crippen LogP contribution is -1.91. The fraction of sp³-hybridized carbons (Fsp3) is 0.250. The van der Waals surface area contributed by atoms with E-state index in [1.54, 1.807) is 24.7 Å². The van der Waals surface area contributed by atoms with Crippen LogP contribution >= 0.6 is 11.6 Å². The molecule has 84 valence electrons. The van der Waals surface area contributed by atoms with E-state index in [2.05, 4.69) is 15.0 Å². The van der Waals surface area contributed by atoms with Gasteiger partial charge in [-0.3, -0.25) is 4.98 Å². The lowest BCUT2D eigenvalue weighted by Gasteiger charge is -2.01. The van der Waals surface area contributed by atoms with E-state index in [-0.39, 0.29) is 0 Å². The van der Waals surface area contributed by atoms with Crippen molar-refractivity contribution in [3.8, 4) is 11.5 Å². The number of nitrogens with zero attached hydrogens (tertiary/aromatic N) is 3. The van der Waals surface area contributed by atoms with Gasteiger partial charge in [-0.05, 0) is 24.6 Å². The van der Waals surface area contributed by atoms with Gasteiger partial charge in [0.25, 0.3) is 0 Å². The third-order valence-electron chi connectivity index (χ3n) is 1.76. The van der Waals surface area contributed by atoms with E-state index in [0.717, 1.165) is 5.56 Å². The van der Waals surface area contributed by atoms with Crippen LogP contribution in [0.2, 0.25) is 5.02 Å². The molecule has 2 heterocycles. The van der Waals surface area contributed by atoms with Gasteiger partial charge < -0.3 is 0 Å². The van der Waals surface area contributed by atoms with Crippen LogP contribution < -0.4 is 0 Å². The van der Waals surface area contributed by atoms with Crippen LogP contribution in [0.1, 0.15) is 19.4 Å². The largest absolute Gasteiger partial charge is 0.251 e. The number of aryl methyl sites for hydroxylation is 1. The van der Waals surface area contributed by atoms with Crippen molar-refractivity contribution < 1.29 is 0 Å². The summed E-state index contributed by atoms with van der Waals surface area (Å²) >= 11 is 6.02. The highest BCUT2D eigenvalue weighted by atomic mass is 35.5. The molecule has 0 bridgehead atoms. The molecule has 0 saturated heterocycles. The minimum absolute atomic E-state index is 0.553. The summed E-state index contributed by atoms with van der Waals surface area (Å²) in [5, 5.41) is 0.580. The second-order valence-corrected chi connectivity index (χ2v) is 3.32. The number of halogens is 1. The van der Waals surface area contributed by atoms with Gasteiger partial charge >= 0.3 is 0 Å². The van der Waals surface area contributed by atoms with Gasteiger partial charge in [-0.25, -0.2) is 9.97 Å². The second kappa shape index (κ2) is 6.18. The highest BCUT2D eigenvalue weighted by Crippen LogP contribution is 2.22. The van der Waals surface area contributed by atoms with Gasteiger partial charge in [0.2, 0.25) is 0 Å². The third-order valence-corrected chi connectivity index (χ3v) is 2.04. The summed E-state index contributed by atoms with van der Waals surface area (Å²) in [5.41, 5.74) is 1.65. The number of hydrogen-bond acceptors (Lipinski definition) is 3. The molecule has 2 rings (SSSR count). The van der Waals surface area contributed by atoms with Crippen molar-refractivity contribution in [2.45, 2.75) is 20.8 Å². The first-order chi connectivity index (χ1) is 7.77. The zero-order valence-corrected chi connectivity index (χ0v) is 10.4. The van der Waals surface area contributed by atoms with Gasteiger partial charge in [0.05, 0.1) is 5.02 Å². The molecule has 2 aromatic rings. The number of pyridine rings is 1. The molecule has 2 aromatic heterocycles. The standard InChI is InChI=1S/C10H8ClN3.C2H6/c1-7-5-8(11)9(14-6-7)10-12-3-2-4-13-10;1-2/h2-6H,1H3;1-2H3. The molecule has 0 aliphatic heterocycles. The van der Waals surface area contributed by atoms with Gasteiger partial charge in [-0.1, -0.05) is 25.4 Å². The molecule has 4 heteroatoms. The number of rotatable bonds is 1.